The van der Waals surface area contributed by atoms with Crippen molar-refractivity contribution >= 4 is 35.2 Å². The van der Waals surface area contributed by atoms with Crippen molar-refractivity contribution < 1.29 is 23.4 Å². The third kappa shape index (κ3) is 6.62. The summed E-state index contributed by atoms with van der Waals surface area (Å²) < 4.78 is 33.2. The highest BCUT2D eigenvalue weighted by molar-refractivity contribution is 7.99. The van der Waals surface area contributed by atoms with Gasteiger partial charge >= 0.3 is 6.09 Å². The highest BCUT2D eigenvalue weighted by Gasteiger charge is 2.48. The number of hydrogen-bond donors (Lipinski definition) is 3. The van der Waals surface area contributed by atoms with Crippen molar-refractivity contribution in [1.82, 2.24) is 9.97 Å². The number of aliphatic hydroxyl groups excluding tert-OH is 1. The number of thioether (sulfide) groups is 1. The van der Waals surface area contributed by atoms with Crippen LogP contribution >= 0.6 is 11.8 Å². The minimum atomic E-state index is -0.933. The topological polar surface area (TPSA) is 114 Å². The number of anilines is 3. The summed E-state index contributed by atoms with van der Waals surface area (Å²) in [6.07, 6.45) is 2.46. The number of nitrogens with two attached hydrogens (primary N) is 1. The van der Waals surface area contributed by atoms with Gasteiger partial charge in [0, 0.05) is 23.8 Å². The van der Waals surface area contributed by atoms with Gasteiger partial charge in [-0.25, -0.2) is 23.5 Å². The van der Waals surface area contributed by atoms with Crippen LogP contribution in [0.1, 0.15) is 71.3 Å². The maximum atomic E-state index is 14.0. The SMILES string of the molecule is CCCSc1nc(NC2CCC(O)C2)c(N)c(N(C(=O)OC(C)(C)C)C2C[C@@H]2c2ccc(F)c(F)c2)n1. The predicted octanol–water partition coefficient (Wildman–Crippen LogP) is 5.46. The third-order valence-electron chi connectivity index (χ3n) is 6.36. The molecule has 2 aromatic rings. The van der Waals surface area contributed by atoms with Crippen LogP contribution in [0.15, 0.2) is 23.4 Å². The van der Waals surface area contributed by atoms with Crippen LogP contribution in [0.3, 0.4) is 0 Å². The van der Waals surface area contributed by atoms with E-state index in [1.165, 1.54) is 22.7 Å². The predicted molar refractivity (Wildman–Crippen MR) is 141 cm³/mol. The van der Waals surface area contributed by atoms with E-state index in [4.69, 9.17) is 10.5 Å². The van der Waals surface area contributed by atoms with Crippen molar-refractivity contribution in [1.29, 1.82) is 0 Å². The van der Waals surface area contributed by atoms with E-state index in [1.54, 1.807) is 20.8 Å². The Balaban J connectivity index is 1.72. The molecule has 2 fully saturated rings. The van der Waals surface area contributed by atoms with Crippen LogP contribution in [0, 0.1) is 11.6 Å². The van der Waals surface area contributed by atoms with Gasteiger partial charge in [0.2, 0.25) is 0 Å². The second-order valence-corrected chi connectivity index (χ2v) is 11.7. The van der Waals surface area contributed by atoms with Gasteiger partial charge in [-0.05, 0) is 70.6 Å². The number of benzene rings is 1. The number of carbonyl (C=O) groups excluding carboxylic acids is 1. The molecule has 1 aromatic carbocycles. The molecule has 2 saturated carbocycles. The second-order valence-electron chi connectivity index (χ2n) is 10.7. The van der Waals surface area contributed by atoms with E-state index < -0.39 is 29.4 Å². The van der Waals surface area contributed by atoms with Gasteiger partial charge < -0.3 is 20.9 Å². The summed E-state index contributed by atoms with van der Waals surface area (Å²) in [6, 6.07) is 3.38. The largest absolute Gasteiger partial charge is 0.443 e. The molecule has 4 rings (SSSR count). The fourth-order valence-electron chi connectivity index (χ4n) is 4.53. The van der Waals surface area contributed by atoms with Crippen LogP contribution in [0.2, 0.25) is 0 Å². The molecule has 8 nitrogen and oxygen atoms in total. The number of nitrogen functional groups attached to an aromatic ring is 1. The van der Waals surface area contributed by atoms with Gasteiger partial charge in [-0.15, -0.1) is 0 Å². The van der Waals surface area contributed by atoms with Gasteiger partial charge in [-0.1, -0.05) is 24.8 Å². The Morgan fingerprint density at radius 1 is 1.24 bits per heavy atom. The fraction of sp³-hybridized carbons (Fsp3) is 0.577. The molecule has 0 saturated heterocycles. The molecule has 4 atom stereocenters. The lowest BCUT2D eigenvalue weighted by Gasteiger charge is -2.29. The Kier molecular flexibility index (Phi) is 8.13. The van der Waals surface area contributed by atoms with Crippen LogP contribution in [-0.2, 0) is 4.74 Å². The number of nitrogens with zero attached hydrogens (tertiary/aromatic N) is 3. The molecule has 0 spiro atoms. The zero-order valence-corrected chi connectivity index (χ0v) is 22.4. The Labute approximate surface area is 220 Å². The summed E-state index contributed by atoms with van der Waals surface area (Å²) in [7, 11) is 0. The maximum absolute atomic E-state index is 14.0. The van der Waals surface area contributed by atoms with Crippen LogP contribution in [0.25, 0.3) is 0 Å². The van der Waals surface area contributed by atoms with Crippen LogP contribution < -0.4 is 16.0 Å². The number of aromatic nitrogens is 2. The molecule has 2 aliphatic carbocycles. The summed E-state index contributed by atoms with van der Waals surface area (Å²) in [5.74, 6) is -0.684. The number of nitrogens with one attached hydrogen (secondary N) is 1. The van der Waals surface area contributed by atoms with Crippen molar-refractivity contribution in [3.63, 3.8) is 0 Å². The van der Waals surface area contributed by atoms with E-state index >= 15 is 0 Å². The van der Waals surface area contributed by atoms with E-state index in [2.05, 4.69) is 15.3 Å². The number of carbonyl (C=O) groups is 1. The monoisotopic (exact) mass is 535 g/mol. The van der Waals surface area contributed by atoms with E-state index in [1.807, 2.05) is 6.92 Å². The highest BCUT2D eigenvalue weighted by atomic mass is 32.2. The van der Waals surface area contributed by atoms with E-state index in [9.17, 15) is 18.7 Å². The van der Waals surface area contributed by atoms with Crippen molar-refractivity contribution in [2.75, 3.05) is 21.7 Å². The summed E-state index contributed by atoms with van der Waals surface area (Å²) >= 11 is 1.45. The van der Waals surface area contributed by atoms with Gasteiger partial charge in [0.25, 0.3) is 0 Å². The molecule has 1 aromatic heterocycles. The summed E-state index contributed by atoms with van der Waals surface area (Å²) in [5.41, 5.74) is 6.58. The van der Waals surface area contributed by atoms with Gasteiger partial charge in [-0.3, -0.25) is 4.90 Å². The van der Waals surface area contributed by atoms with Crippen molar-refractivity contribution in [2.45, 2.75) is 94.7 Å². The minimum Gasteiger partial charge on any atom is -0.443 e. The Bertz CT molecular complexity index is 1150. The first-order valence-corrected chi connectivity index (χ1v) is 13.7. The number of halogens is 2. The second kappa shape index (κ2) is 11.0. The summed E-state index contributed by atoms with van der Waals surface area (Å²) in [4.78, 5) is 24.2. The van der Waals surface area contributed by atoms with Gasteiger partial charge in [0.05, 0.1) is 6.10 Å². The third-order valence-corrected chi connectivity index (χ3v) is 7.42. The molecule has 0 bridgehead atoms. The average molecular weight is 536 g/mol. The quantitative estimate of drug-likeness (QED) is 0.302. The van der Waals surface area contributed by atoms with E-state index in [-0.39, 0.29) is 29.6 Å². The molecular weight excluding hydrogens is 500 g/mol. The first-order chi connectivity index (χ1) is 17.5. The molecule has 2 aliphatic rings. The van der Waals surface area contributed by atoms with E-state index in [0.717, 1.165) is 30.7 Å². The standard InChI is InChI=1S/C26H35F2N5O3S/c1-5-10-37-24-31-22(30-15-7-8-16(34)12-15)21(29)23(32-24)33(25(35)36-26(2,3)4)20-13-17(20)14-6-9-18(27)19(28)11-14/h6,9,11,15-17,20,34H,5,7-8,10,12-13,29H2,1-4H3,(H,30,31,32)/t15?,16?,17-,20?/m1/s1. The van der Waals surface area contributed by atoms with Crippen LogP contribution in [0.5, 0.6) is 0 Å². The van der Waals surface area contributed by atoms with Crippen LogP contribution in [-0.4, -0.2) is 50.7 Å². The zero-order chi connectivity index (χ0) is 26.9. The van der Waals surface area contributed by atoms with E-state index in [0.29, 0.717) is 35.8 Å². The first kappa shape index (κ1) is 27.4. The number of hydrogen-bond acceptors (Lipinski definition) is 8. The van der Waals surface area contributed by atoms with Crippen molar-refractivity contribution in [3.8, 4) is 0 Å². The van der Waals surface area contributed by atoms with Gasteiger partial charge in [0.1, 0.15) is 11.3 Å². The number of ether oxygens (including phenoxy) is 1. The Morgan fingerprint density at radius 2 is 2.00 bits per heavy atom. The van der Waals surface area contributed by atoms with Gasteiger partial charge in [0.15, 0.2) is 28.4 Å². The molecule has 37 heavy (non-hydrogen) atoms. The van der Waals surface area contributed by atoms with Gasteiger partial charge in [-0.2, -0.15) is 0 Å². The first-order valence-electron chi connectivity index (χ1n) is 12.7. The Morgan fingerprint density at radius 3 is 2.62 bits per heavy atom. The van der Waals surface area contributed by atoms with Crippen molar-refractivity contribution in [2.24, 2.45) is 0 Å². The average Bonchev–Trinajstić information content (AvgIpc) is 3.48. The molecular formula is C26H35F2N5O3S. The minimum absolute atomic E-state index is 0.00471. The molecule has 3 unspecified atom stereocenters. The lowest BCUT2D eigenvalue weighted by Crippen LogP contribution is -2.40. The lowest BCUT2D eigenvalue weighted by molar-refractivity contribution is 0.0576. The molecule has 1 heterocycles. The normalized spacial score (nSPS) is 23.1. The maximum Gasteiger partial charge on any atom is 0.416 e. The smallest absolute Gasteiger partial charge is 0.416 e. The fourth-order valence-corrected chi connectivity index (χ4v) is 5.22. The molecule has 11 heteroatoms. The number of aliphatic hydroxyl groups is 1. The molecule has 202 valence electrons. The molecule has 4 N–H and O–H groups in total. The lowest BCUT2D eigenvalue weighted by atomic mass is 10.1. The summed E-state index contributed by atoms with van der Waals surface area (Å²) in [5, 5.41) is 13.8. The summed E-state index contributed by atoms with van der Waals surface area (Å²) in [6.45, 7) is 7.36. The molecule has 0 radical (unpaired) electrons. The zero-order valence-electron chi connectivity index (χ0n) is 21.6. The highest BCUT2D eigenvalue weighted by Crippen LogP contribution is 2.48. The van der Waals surface area contributed by atoms with Crippen LogP contribution in [0.4, 0.5) is 30.9 Å². The Hall–Kier alpha value is -2.66. The number of rotatable bonds is 8. The molecule has 1 amide bonds. The molecule has 0 aliphatic heterocycles. The van der Waals surface area contributed by atoms with Crippen molar-refractivity contribution in [3.05, 3.63) is 35.4 Å². The number of amides is 1.